The van der Waals surface area contributed by atoms with Crippen LogP contribution in [0.1, 0.15) is 35.8 Å². The van der Waals surface area contributed by atoms with Gasteiger partial charge in [0.2, 0.25) is 0 Å². The first-order chi connectivity index (χ1) is 9.90. The van der Waals surface area contributed by atoms with Crippen molar-refractivity contribution >= 4 is 39.0 Å². The molecule has 1 unspecified atom stereocenters. The minimum absolute atomic E-state index is 0.0523. The van der Waals surface area contributed by atoms with Crippen LogP contribution in [0.15, 0.2) is 46.9 Å². The fraction of sp³-hybridized carbons (Fsp3) is 0.235. The quantitative estimate of drug-likeness (QED) is 0.666. The third-order valence-corrected chi connectivity index (χ3v) is 4.36. The highest BCUT2D eigenvalue weighted by molar-refractivity contribution is 9.10. The summed E-state index contributed by atoms with van der Waals surface area (Å²) in [6.45, 7) is 3.68. The Labute approximate surface area is 138 Å². The predicted octanol–water partition coefficient (Wildman–Crippen LogP) is 5.50. The molecule has 0 fully saturated rings. The maximum absolute atomic E-state index is 11.9. The van der Waals surface area contributed by atoms with Crippen molar-refractivity contribution in [2.45, 2.75) is 19.9 Å². The summed E-state index contributed by atoms with van der Waals surface area (Å²) in [5.41, 5.74) is 2.74. The average molecular weight is 367 g/mol. The van der Waals surface area contributed by atoms with Crippen LogP contribution in [0.4, 0.5) is 5.69 Å². The standard InChI is InChI=1S/C17H17BrClNO/c1-11(13-5-4-6-15(19)9-13)20(3)17-8-7-14(18)10-16(17)12(2)21/h4-11H,1-3H3. The van der Waals surface area contributed by atoms with E-state index in [1.165, 1.54) is 0 Å². The molecule has 0 radical (unpaired) electrons. The van der Waals surface area contributed by atoms with Crippen LogP contribution >= 0.6 is 27.5 Å². The fourth-order valence-corrected chi connectivity index (χ4v) is 2.86. The summed E-state index contributed by atoms with van der Waals surface area (Å²) >= 11 is 9.48. The van der Waals surface area contributed by atoms with Crippen molar-refractivity contribution < 1.29 is 4.79 Å². The second-order valence-corrected chi connectivity index (χ2v) is 6.41. The van der Waals surface area contributed by atoms with Gasteiger partial charge in [-0.3, -0.25) is 4.79 Å². The molecule has 0 aliphatic rings. The Bertz CT molecular complexity index is 672. The first kappa shape index (κ1) is 16.1. The Kier molecular flexibility index (Phi) is 5.07. The van der Waals surface area contributed by atoms with Gasteiger partial charge < -0.3 is 4.90 Å². The summed E-state index contributed by atoms with van der Waals surface area (Å²) in [6, 6.07) is 13.7. The molecule has 0 aromatic heterocycles. The predicted molar refractivity (Wildman–Crippen MR) is 92.4 cm³/mol. The van der Waals surface area contributed by atoms with E-state index in [-0.39, 0.29) is 11.8 Å². The molecule has 0 aliphatic heterocycles. The van der Waals surface area contributed by atoms with Crippen molar-refractivity contribution in [3.05, 3.63) is 63.1 Å². The molecule has 2 nitrogen and oxygen atoms in total. The number of hydrogen-bond acceptors (Lipinski definition) is 2. The summed E-state index contributed by atoms with van der Waals surface area (Å²) in [5, 5.41) is 0.718. The van der Waals surface area contributed by atoms with Crippen molar-refractivity contribution in [1.29, 1.82) is 0 Å². The van der Waals surface area contributed by atoms with Crippen molar-refractivity contribution in [3.63, 3.8) is 0 Å². The largest absolute Gasteiger partial charge is 0.367 e. The third-order valence-electron chi connectivity index (χ3n) is 3.63. The molecular weight excluding hydrogens is 350 g/mol. The number of anilines is 1. The van der Waals surface area contributed by atoms with E-state index >= 15 is 0 Å². The lowest BCUT2D eigenvalue weighted by Gasteiger charge is -2.29. The van der Waals surface area contributed by atoms with Gasteiger partial charge in [0.15, 0.2) is 5.78 Å². The molecule has 0 heterocycles. The Morgan fingerprint density at radius 1 is 1.24 bits per heavy atom. The lowest BCUT2D eigenvalue weighted by Crippen LogP contribution is -2.23. The van der Waals surface area contributed by atoms with E-state index in [2.05, 4.69) is 27.8 Å². The van der Waals surface area contributed by atoms with Crippen LogP contribution in [0.2, 0.25) is 5.02 Å². The number of carbonyl (C=O) groups is 1. The summed E-state index contributed by atoms with van der Waals surface area (Å²) < 4.78 is 0.903. The smallest absolute Gasteiger partial charge is 0.161 e. The van der Waals surface area contributed by atoms with Crippen molar-refractivity contribution in [3.8, 4) is 0 Å². The molecule has 0 bridgehead atoms. The Balaban J connectivity index is 2.40. The molecule has 0 amide bonds. The summed E-state index contributed by atoms with van der Waals surface area (Å²) in [5.74, 6) is 0.0523. The number of ketones is 1. The zero-order valence-electron chi connectivity index (χ0n) is 12.2. The number of nitrogens with zero attached hydrogens (tertiary/aromatic N) is 1. The SMILES string of the molecule is CC(=O)c1cc(Br)ccc1N(C)C(C)c1cccc(Cl)c1. The maximum Gasteiger partial charge on any atom is 0.161 e. The summed E-state index contributed by atoms with van der Waals surface area (Å²) in [7, 11) is 1.99. The van der Waals surface area contributed by atoms with Crippen LogP contribution in [0.3, 0.4) is 0 Å². The molecular formula is C17H17BrClNO. The van der Waals surface area contributed by atoms with Gasteiger partial charge in [-0.25, -0.2) is 0 Å². The molecule has 4 heteroatoms. The van der Waals surface area contributed by atoms with Crippen LogP contribution in [0.25, 0.3) is 0 Å². The summed E-state index contributed by atoms with van der Waals surface area (Å²) in [4.78, 5) is 14.0. The molecule has 2 aromatic carbocycles. The molecule has 0 N–H and O–H groups in total. The van der Waals surface area contributed by atoms with E-state index in [9.17, 15) is 4.79 Å². The molecule has 21 heavy (non-hydrogen) atoms. The fourth-order valence-electron chi connectivity index (χ4n) is 2.30. The molecule has 110 valence electrons. The Morgan fingerprint density at radius 3 is 2.57 bits per heavy atom. The third kappa shape index (κ3) is 3.66. The maximum atomic E-state index is 11.9. The first-order valence-electron chi connectivity index (χ1n) is 6.69. The molecule has 0 spiro atoms. The zero-order valence-corrected chi connectivity index (χ0v) is 14.6. The van der Waals surface area contributed by atoms with Gasteiger partial charge in [0, 0.05) is 27.8 Å². The average Bonchev–Trinajstić information content (AvgIpc) is 2.45. The van der Waals surface area contributed by atoms with E-state index in [1.807, 2.05) is 49.5 Å². The monoisotopic (exact) mass is 365 g/mol. The van der Waals surface area contributed by atoms with E-state index in [4.69, 9.17) is 11.6 Å². The topological polar surface area (TPSA) is 20.3 Å². The molecule has 0 aliphatic carbocycles. The lowest BCUT2D eigenvalue weighted by atomic mass is 10.0. The number of rotatable bonds is 4. The number of hydrogen-bond donors (Lipinski definition) is 0. The van der Waals surface area contributed by atoms with Gasteiger partial charge in [-0.05, 0) is 49.7 Å². The molecule has 2 rings (SSSR count). The second-order valence-electron chi connectivity index (χ2n) is 5.06. The van der Waals surface area contributed by atoms with Crippen molar-refractivity contribution in [2.24, 2.45) is 0 Å². The zero-order chi connectivity index (χ0) is 15.6. The first-order valence-corrected chi connectivity index (χ1v) is 7.86. The number of Topliss-reactive ketones (excluding diaryl/α,β-unsaturated/α-hetero) is 1. The number of benzene rings is 2. The Hall–Kier alpha value is -1.32. The van der Waals surface area contributed by atoms with Crippen LogP contribution in [0.5, 0.6) is 0 Å². The van der Waals surface area contributed by atoms with Crippen molar-refractivity contribution in [2.75, 3.05) is 11.9 Å². The number of halogens is 2. The highest BCUT2D eigenvalue weighted by atomic mass is 79.9. The van der Waals surface area contributed by atoms with Crippen LogP contribution in [-0.2, 0) is 0 Å². The van der Waals surface area contributed by atoms with Gasteiger partial charge in [-0.1, -0.05) is 39.7 Å². The highest BCUT2D eigenvalue weighted by Crippen LogP contribution is 2.31. The van der Waals surface area contributed by atoms with Gasteiger partial charge in [0.25, 0.3) is 0 Å². The molecule has 0 saturated heterocycles. The van der Waals surface area contributed by atoms with Gasteiger partial charge in [-0.2, -0.15) is 0 Å². The minimum Gasteiger partial charge on any atom is -0.367 e. The van der Waals surface area contributed by atoms with E-state index in [0.29, 0.717) is 5.56 Å². The van der Waals surface area contributed by atoms with Crippen LogP contribution in [0, 0.1) is 0 Å². The molecule has 1 atom stereocenters. The van der Waals surface area contributed by atoms with Gasteiger partial charge >= 0.3 is 0 Å². The van der Waals surface area contributed by atoms with Gasteiger partial charge in [0.1, 0.15) is 0 Å². The minimum atomic E-state index is 0.0523. The Morgan fingerprint density at radius 2 is 1.95 bits per heavy atom. The molecule has 2 aromatic rings. The van der Waals surface area contributed by atoms with Crippen LogP contribution < -0.4 is 4.90 Å². The normalized spacial score (nSPS) is 12.0. The lowest BCUT2D eigenvalue weighted by molar-refractivity contribution is 0.101. The van der Waals surface area contributed by atoms with E-state index in [1.54, 1.807) is 6.92 Å². The summed E-state index contributed by atoms with van der Waals surface area (Å²) in [6.07, 6.45) is 0. The highest BCUT2D eigenvalue weighted by Gasteiger charge is 2.17. The van der Waals surface area contributed by atoms with E-state index < -0.39 is 0 Å². The van der Waals surface area contributed by atoms with Gasteiger partial charge in [-0.15, -0.1) is 0 Å². The number of carbonyl (C=O) groups excluding carboxylic acids is 1. The second kappa shape index (κ2) is 6.63. The van der Waals surface area contributed by atoms with Gasteiger partial charge in [0.05, 0.1) is 6.04 Å². The van der Waals surface area contributed by atoms with E-state index in [0.717, 1.165) is 20.7 Å². The van der Waals surface area contributed by atoms with Crippen molar-refractivity contribution in [1.82, 2.24) is 0 Å². The molecule has 0 saturated carbocycles. The van der Waals surface area contributed by atoms with Crippen LogP contribution in [-0.4, -0.2) is 12.8 Å².